The van der Waals surface area contributed by atoms with Gasteiger partial charge in [0.05, 0.1) is 6.61 Å². The van der Waals surface area contributed by atoms with Gasteiger partial charge in [-0.2, -0.15) is 11.8 Å². The summed E-state index contributed by atoms with van der Waals surface area (Å²) in [4.78, 5) is 22.6. The van der Waals surface area contributed by atoms with Crippen LogP contribution in [0.2, 0.25) is 0 Å². The van der Waals surface area contributed by atoms with Crippen LogP contribution in [0, 0.1) is 0 Å². The second kappa shape index (κ2) is 9.08. The third kappa shape index (κ3) is 6.14. The zero-order valence-corrected chi connectivity index (χ0v) is 12.5. The standard InChI is InChI=1S/C12H24N2O3S/c1-5-12(6-2,18-4)9-14-11(16)13-8-10(15)17-7-3/h5-9H2,1-4H3,(H2,13,14,16). The highest BCUT2D eigenvalue weighted by Crippen LogP contribution is 2.29. The zero-order valence-electron chi connectivity index (χ0n) is 11.7. The Morgan fingerprint density at radius 1 is 1.17 bits per heavy atom. The first kappa shape index (κ1) is 17.1. The molecule has 0 aliphatic carbocycles. The Hall–Kier alpha value is -0.910. The monoisotopic (exact) mass is 276 g/mol. The van der Waals surface area contributed by atoms with Gasteiger partial charge in [-0.05, 0) is 26.0 Å². The van der Waals surface area contributed by atoms with Crippen LogP contribution in [0.25, 0.3) is 0 Å². The largest absolute Gasteiger partial charge is 0.465 e. The van der Waals surface area contributed by atoms with E-state index in [9.17, 15) is 9.59 Å². The summed E-state index contributed by atoms with van der Waals surface area (Å²) in [6.45, 7) is 6.77. The smallest absolute Gasteiger partial charge is 0.325 e. The summed E-state index contributed by atoms with van der Waals surface area (Å²) < 4.78 is 4.79. The van der Waals surface area contributed by atoms with Crippen LogP contribution in [0.3, 0.4) is 0 Å². The molecule has 2 amide bonds. The van der Waals surface area contributed by atoms with E-state index in [1.165, 1.54) is 0 Å². The van der Waals surface area contributed by atoms with Crippen LogP contribution >= 0.6 is 11.8 Å². The molecule has 0 aromatic heterocycles. The van der Waals surface area contributed by atoms with Crippen molar-refractivity contribution in [3.8, 4) is 0 Å². The van der Waals surface area contributed by atoms with Crippen LogP contribution in [0.15, 0.2) is 0 Å². The number of nitrogens with one attached hydrogen (secondary N) is 2. The predicted molar refractivity (Wildman–Crippen MR) is 74.9 cm³/mol. The molecule has 6 heteroatoms. The van der Waals surface area contributed by atoms with Gasteiger partial charge in [-0.15, -0.1) is 0 Å². The number of rotatable bonds is 8. The van der Waals surface area contributed by atoms with E-state index >= 15 is 0 Å². The normalized spacial score (nSPS) is 10.9. The van der Waals surface area contributed by atoms with Gasteiger partial charge in [0.15, 0.2) is 0 Å². The fraction of sp³-hybridized carbons (Fsp3) is 0.833. The van der Waals surface area contributed by atoms with E-state index in [0.29, 0.717) is 13.2 Å². The molecular formula is C12H24N2O3S. The van der Waals surface area contributed by atoms with Crippen LogP contribution < -0.4 is 10.6 Å². The number of amides is 2. The fourth-order valence-electron chi connectivity index (χ4n) is 1.53. The minimum Gasteiger partial charge on any atom is -0.465 e. The SMILES string of the molecule is CCOC(=O)CNC(=O)NCC(CC)(CC)SC. The minimum absolute atomic E-state index is 0.0707. The van der Waals surface area contributed by atoms with Gasteiger partial charge in [0.1, 0.15) is 6.54 Å². The molecule has 0 heterocycles. The number of carbonyl (C=O) groups excluding carboxylic acids is 2. The summed E-state index contributed by atoms with van der Waals surface area (Å²) in [7, 11) is 0. The number of esters is 1. The van der Waals surface area contributed by atoms with Crippen LogP contribution in [-0.2, 0) is 9.53 Å². The van der Waals surface area contributed by atoms with Crippen molar-refractivity contribution in [3.05, 3.63) is 0 Å². The molecule has 0 aromatic rings. The summed E-state index contributed by atoms with van der Waals surface area (Å²) >= 11 is 1.76. The van der Waals surface area contributed by atoms with E-state index in [2.05, 4.69) is 24.5 Å². The van der Waals surface area contributed by atoms with Crippen molar-refractivity contribution in [2.75, 3.05) is 26.0 Å². The van der Waals surface area contributed by atoms with Crippen molar-refractivity contribution in [2.24, 2.45) is 0 Å². The third-order valence-corrected chi connectivity index (χ3v) is 4.58. The Labute approximate surface area is 113 Å². The molecule has 0 aliphatic heterocycles. The number of carbonyl (C=O) groups is 2. The highest BCUT2D eigenvalue weighted by Gasteiger charge is 2.25. The molecule has 0 radical (unpaired) electrons. The second-order valence-corrected chi connectivity index (χ2v) is 5.21. The Bertz CT molecular complexity index is 260. The average Bonchev–Trinajstić information content (AvgIpc) is 2.39. The molecule has 0 saturated heterocycles. The van der Waals surface area contributed by atoms with Crippen LogP contribution in [-0.4, -0.2) is 42.7 Å². The van der Waals surface area contributed by atoms with E-state index in [-0.39, 0.29) is 17.3 Å². The highest BCUT2D eigenvalue weighted by molar-refractivity contribution is 8.00. The Morgan fingerprint density at radius 2 is 1.78 bits per heavy atom. The predicted octanol–water partition coefficient (Wildman–Crippen LogP) is 1.77. The molecule has 5 nitrogen and oxygen atoms in total. The van der Waals surface area contributed by atoms with Gasteiger partial charge in [0.2, 0.25) is 0 Å². The number of ether oxygens (including phenoxy) is 1. The lowest BCUT2D eigenvalue weighted by molar-refractivity contribution is -0.141. The Balaban J connectivity index is 3.98. The topological polar surface area (TPSA) is 67.4 Å². The van der Waals surface area contributed by atoms with Gasteiger partial charge in [-0.25, -0.2) is 4.79 Å². The Morgan fingerprint density at radius 3 is 2.22 bits per heavy atom. The van der Waals surface area contributed by atoms with Crippen molar-refractivity contribution in [2.45, 2.75) is 38.4 Å². The number of hydrogen-bond donors (Lipinski definition) is 2. The lowest BCUT2D eigenvalue weighted by Crippen LogP contribution is -2.45. The van der Waals surface area contributed by atoms with Gasteiger partial charge >= 0.3 is 12.0 Å². The van der Waals surface area contributed by atoms with Crippen LogP contribution in [0.5, 0.6) is 0 Å². The highest BCUT2D eigenvalue weighted by atomic mass is 32.2. The molecule has 0 bridgehead atoms. The maximum absolute atomic E-state index is 11.5. The molecule has 18 heavy (non-hydrogen) atoms. The molecule has 0 saturated carbocycles. The first-order valence-corrected chi connectivity index (χ1v) is 7.48. The summed E-state index contributed by atoms with van der Waals surface area (Å²) in [5.41, 5.74) is 0. The van der Waals surface area contributed by atoms with Gasteiger partial charge in [0, 0.05) is 11.3 Å². The maximum atomic E-state index is 11.5. The van der Waals surface area contributed by atoms with E-state index < -0.39 is 5.97 Å². The quantitative estimate of drug-likeness (QED) is 0.663. The molecular weight excluding hydrogens is 252 g/mol. The van der Waals surface area contributed by atoms with E-state index in [1.807, 2.05) is 6.26 Å². The first-order valence-electron chi connectivity index (χ1n) is 6.26. The molecule has 0 rings (SSSR count). The zero-order chi connectivity index (χ0) is 14.0. The van der Waals surface area contributed by atoms with Crippen molar-refractivity contribution in [3.63, 3.8) is 0 Å². The van der Waals surface area contributed by atoms with Gasteiger partial charge < -0.3 is 15.4 Å². The maximum Gasteiger partial charge on any atom is 0.325 e. The van der Waals surface area contributed by atoms with E-state index in [0.717, 1.165) is 12.8 Å². The summed E-state index contributed by atoms with van der Waals surface area (Å²) in [5, 5.41) is 5.27. The molecule has 0 fully saturated rings. The summed E-state index contributed by atoms with van der Waals surface area (Å²) in [6, 6.07) is -0.330. The van der Waals surface area contributed by atoms with Crippen molar-refractivity contribution >= 4 is 23.8 Å². The van der Waals surface area contributed by atoms with Gasteiger partial charge in [-0.1, -0.05) is 13.8 Å². The van der Waals surface area contributed by atoms with E-state index in [1.54, 1.807) is 18.7 Å². The molecule has 0 unspecified atom stereocenters. The average molecular weight is 276 g/mol. The molecule has 106 valence electrons. The number of urea groups is 1. The van der Waals surface area contributed by atoms with Crippen LogP contribution in [0.1, 0.15) is 33.6 Å². The van der Waals surface area contributed by atoms with Gasteiger partial charge in [0.25, 0.3) is 0 Å². The number of hydrogen-bond acceptors (Lipinski definition) is 4. The van der Waals surface area contributed by atoms with Crippen molar-refractivity contribution in [1.82, 2.24) is 10.6 Å². The summed E-state index contributed by atoms with van der Waals surface area (Å²) in [6.07, 6.45) is 4.02. The van der Waals surface area contributed by atoms with E-state index in [4.69, 9.17) is 4.74 Å². The molecule has 0 atom stereocenters. The lowest BCUT2D eigenvalue weighted by atomic mass is 10.0. The number of thioether (sulfide) groups is 1. The molecule has 2 N–H and O–H groups in total. The second-order valence-electron chi connectivity index (χ2n) is 3.94. The van der Waals surface area contributed by atoms with Crippen molar-refractivity contribution in [1.29, 1.82) is 0 Å². The summed E-state index contributed by atoms with van der Waals surface area (Å²) in [5.74, 6) is -0.422. The fourth-order valence-corrected chi connectivity index (χ4v) is 2.32. The molecule has 0 aromatic carbocycles. The van der Waals surface area contributed by atoms with Crippen LogP contribution in [0.4, 0.5) is 4.79 Å². The molecule has 0 aliphatic rings. The Kier molecular flexibility index (Phi) is 8.62. The first-order chi connectivity index (χ1) is 8.53. The third-order valence-electron chi connectivity index (χ3n) is 2.99. The van der Waals surface area contributed by atoms with Gasteiger partial charge in [-0.3, -0.25) is 4.79 Å². The van der Waals surface area contributed by atoms with Crippen molar-refractivity contribution < 1.29 is 14.3 Å². The lowest BCUT2D eigenvalue weighted by Gasteiger charge is -2.29. The minimum atomic E-state index is -0.422. The molecule has 0 spiro atoms.